The first kappa shape index (κ1) is 20.1. The monoisotopic (exact) mass is 408 g/mol. The number of carbonyl (C=O) groups is 1. The highest BCUT2D eigenvalue weighted by atomic mass is 19.1. The van der Waals surface area contributed by atoms with Gasteiger partial charge in [0.1, 0.15) is 11.6 Å². The van der Waals surface area contributed by atoms with Crippen LogP contribution in [0.4, 0.5) is 4.39 Å². The molecule has 1 amide bonds. The molecule has 0 aliphatic carbocycles. The number of nitrogens with zero attached hydrogens (tertiary/aromatic N) is 3. The van der Waals surface area contributed by atoms with Gasteiger partial charge in [-0.1, -0.05) is 12.1 Å². The predicted molar refractivity (Wildman–Crippen MR) is 115 cm³/mol. The molecule has 0 bridgehead atoms. The summed E-state index contributed by atoms with van der Waals surface area (Å²) in [6.45, 7) is 3.63. The minimum atomic E-state index is -0.282. The summed E-state index contributed by atoms with van der Waals surface area (Å²) in [7, 11) is 1.67. The first-order valence-corrected chi connectivity index (χ1v) is 10.0. The molecule has 0 radical (unpaired) electrons. The molecule has 0 unspecified atom stereocenters. The molecule has 0 aliphatic rings. The number of methoxy groups -OCH3 is 1. The Labute approximate surface area is 174 Å². The van der Waals surface area contributed by atoms with Gasteiger partial charge in [0.25, 0.3) is 0 Å². The maximum Gasteiger partial charge on any atom is 0.222 e. The maximum absolute atomic E-state index is 13.6. The number of imidazole rings is 1. The van der Waals surface area contributed by atoms with E-state index in [4.69, 9.17) is 9.72 Å². The Hall–Kier alpha value is -3.19. The molecule has 0 aliphatic heterocycles. The summed E-state index contributed by atoms with van der Waals surface area (Å²) in [5, 5.41) is 4.00. The second-order valence-electron chi connectivity index (χ2n) is 7.35. The Balaban J connectivity index is 1.46. The van der Waals surface area contributed by atoms with Crippen LogP contribution in [0.2, 0.25) is 0 Å². The van der Waals surface area contributed by atoms with Crippen LogP contribution in [-0.4, -0.2) is 33.7 Å². The molecule has 1 atom stereocenters. The fourth-order valence-electron chi connectivity index (χ4n) is 3.79. The molecular formula is C23H25FN4O2. The Kier molecular flexibility index (Phi) is 5.81. The molecular weight excluding hydrogens is 383 g/mol. The predicted octanol–water partition coefficient (Wildman–Crippen LogP) is 4.04. The Morgan fingerprint density at radius 3 is 2.83 bits per heavy atom. The topological polar surface area (TPSA) is 61.1 Å². The van der Waals surface area contributed by atoms with E-state index in [1.54, 1.807) is 13.2 Å². The van der Waals surface area contributed by atoms with E-state index in [1.165, 1.54) is 12.1 Å². The first-order chi connectivity index (χ1) is 14.6. The van der Waals surface area contributed by atoms with E-state index in [1.807, 2.05) is 48.0 Å². The normalized spacial score (nSPS) is 12.5. The molecule has 0 saturated heterocycles. The second-order valence-corrected chi connectivity index (χ2v) is 7.35. The van der Waals surface area contributed by atoms with E-state index in [0.717, 1.165) is 27.8 Å². The number of para-hydroxylation sites is 2. The van der Waals surface area contributed by atoms with E-state index in [2.05, 4.69) is 9.88 Å². The number of rotatable bonds is 8. The van der Waals surface area contributed by atoms with Gasteiger partial charge in [-0.3, -0.25) is 4.79 Å². The van der Waals surface area contributed by atoms with Crippen molar-refractivity contribution in [1.82, 2.24) is 19.4 Å². The van der Waals surface area contributed by atoms with Crippen molar-refractivity contribution in [3.05, 3.63) is 66.4 Å². The van der Waals surface area contributed by atoms with Gasteiger partial charge in [-0.15, -0.1) is 0 Å². The van der Waals surface area contributed by atoms with Crippen LogP contribution in [0.25, 0.3) is 21.9 Å². The number of aryl methyl sites for hydroxylation is 1. The fraction of sp³-hybridized carbons (Fsp3) is 0.304. The van der Waals surface area contributed by atoms with E-state index < -0.39 is 0 Å². The third-order valence-corrected chi connectivity index (χ3v) is 5.28. The molecule has 4 aromatic rings. The first-order valence-electron chi connectivity index (χ1n) is 10.0. The Morgan fingerprint density at radius 2 is 2.00 bits per heavy atom. The lowest BCUT2D eigenvalue weighted by molar-refractivity contribution is -0.122. The van der Waals surface area contributed by atoms with Crippen LogP contribution in [0, 0.1) is 5.82 Å². The van der Waals surface area contributed by atoms with Gasteiger partial charge in [0.15, 0.2) is 0 Å². The maximum atomic E-state index is 13.6. The Morgan fingerprint density at radius 1 is 1.17 bits per heavy atom. The van der Waals surface area contributed by atoms with Crippen molar-refractivity contribution in [3.63, 3.8) is 0 Å². The van der Waals surface area contributed by atoms with Crippen LogP contribution in [0.1, 0.15) is 25.2 Å². The summed E-state index contributed by atoms with van der Waals surface area (Å²) in [5.74, 6) is 0.441. The standard InChI is InChI=1S/C23H25FN4O2/c1-16(23-26-19-5-3-4-6-20(19)28(23)13-14-30-2)25-22(29)10-12-27-11-9-17-7-8-18(24)15-21(17)27/h3-9,11,15-16H,10,12-14H2,1-2H3,(H,25,29)/t16-/m0/s1. The van der Waals surface area contributed by atoms with Crippen molar-refractivity contribution < 1.29 is 13.9 Å². The van der Waals surface area contributed by atoms with E-state index >= 15 is 0 Å². The number of carbonyl (C=O) groups excluding carboxylic acids is 1. The average Bonchev–Trinajstić information content (AvgIpc) is 3.31. The number of hydrogen-bond acceptors (Lipinski definition) is 3. The fourth-order valence-corrected chi connectivity index (χ4v) is 3.79. The number of fused-ring (bicyclic) bond motifs is 2. The summed E-state index contributed by atoms with van der Waals surface area (Å²) in [6.07, 6.45) is 2.17. The molecule has 2 aromatic heterocycles. The van der Waals surface area contributed by atoms with E-state index in [-0.39, 0.29) is 17.8 Å². The van der Waals surface area contributed by atoms with Crippen molar-refractivity contribution in [3.8, 4) is 0 Å². The van der Waals surface area contributed by atoms with Gasteiger partial charge in [0, 0.05) is 32.8 Å². The lowest BCUT2D eigenvalue weighted by Crippen LogP contribution is -2.29. The number of benzene rings is 2. The van der Waals surface area contributed by atoms with Crippen molar-refractivity contribution in [1.29, 1.82) is 0 Å². The minimum Gasteiger partial charge on any atom is -0.383 e. The number of halogens is 1. The van der Waals surface area contributed by atoms with E-state index in [0.29, 0.717) is 26.1 Å². The van der Waals surface area contributed by atoms with Crippen molar-refractivity contribution in [2.24, 2.45) is 0 Å². The third-order valence-electron chi connectivity index (χ3n) is 5.28. The highest BCUT2D eigenvalue weighted by molar-refractivity contribution is 5.81. The van der Waals surface area contributed by atoms with Gasteiger partial charge in [0.05, 0.1) is 29.2 Å². The van der Waals surface area contributed by atoms with Gasteiger partial charge >= 0.3 is 0 Å². The van der Waals surface area contributed by atoms with E-state index in [9.17, 15) is 9.18 Å². The summed E-state index contributed by atoms with van der Waals surface area (Å²) >= 11 is 0. The summed E-state index contributed by atoms with van der Waals surface area (Å²) in [4.78, 5) is 17.3. The highest BCUT2D eigenvalue weighted by Gasteiger charge is 2.18. The van der Waals surface area contributed by atoms with Crippen LogP contribution in [0.3, 0.4) is 0 Å². The quantitative estimate of drug-likeness (QED) is 0.479. The molecule has 2 aromatic carbocycles. The average molecular weight is 408 g/mol. The second kappa shape index (κ2) is 8.67. The summed E-state index contributed by atoms with van der Waals surface area (Å²) in [5.41, 5.74) is 2.70. The smallest absolute Gasteiger partial charge is 0.222 e. The number of aromatic nitrogens is 3. The lowest BCUT2D eigenvalue weighted by Gasteiger charge is -2.16. The van der Waals surface area contributed by atoms with Crippen LogP contribution >= 0.6 is 0 Å². The minimum absolute atomic E-state index is 0.0777. The zero-order chi connectivity index (χ0) is 21.1. The SMILES string of the molecule is COCCn1c([C@H](C)NC(=O)CCn2ccc3ccc(F)cc32)nc2ccccc21. The lowest BCUT2D eigenvalue weighted by atomic mass is 10.2. The van der Waals surface area contributed by atoms with Crippen LogP contribution < -0.4 is 5.32 Å². The number of amides is 1. The zero-order valence-electron chi connectivity index (χ0n) is 17.1. The molecule has 0 saturated carbocycles. The van der Waals surface area contributed by atoms with Crippen molar-refractivity contribution >= 4 is 27.8 Å². The highest BCUT2D eigenvalue weighted by Crippen LogP contribution is 2.21. The molecule has 7 heteroatoms. The van der Waals surface area contributed by atoms with Crippen LogP contribution in [0.15, 0.2) is 54.7 Å². The zero-order valence-corrected chi connectivity index (χ0v) is 17.1. The van der Waals surface area contributed by atoms with Crippen LogP contribution in [-0.2, 0) is 22.6 Å². The van der Waals surface area contributed by atoms with Gasteiger partial charge < -0.3 is 19.2 Å². The van der Waals surface area contributed by atoms with Crippen molar-refractivity contribution in [2.45, 2.75) is 32.5 Å². The van der Waals surface area contributed by atoms with Gasteiger partial charge in [-0.05, 0) is 48.7 Å². The third kappa shape index (κ3) is 4.07. The largest absolute Gasteiger partial charge is 0.383 e. The van der Waals surface area contributed by atoms with Crippen molar-refractivity contribution in [2.75, 3.05) is 13.7 Å². The van der Waals surface area contributed by atoms with Gasteiger partial charge in [-0.2, -0.15) is 0 Å². The summed E-state index contributed by atoms with van der Waals surface area (Å²) in [6, 6.07) is 14.3. The Bertz CT molecular complexity index is 1180. The molecule has 0 spiro atoms. The number of ether oxygens (including phenoxy) is 1. The number of hydrogen-bond donors (Lipinski definition) is 1. The molecule has 30 heavy (non-hydrogen) atoms. The molecule has 156 valence electrons. The van der Waals surface area contributed by atoms with Gasteiger partial charge in [0.2, 0.25) is 5.91 Å². The molecule has 4 rings (SSSR count). The van der Waals surface area contributed by atoms with Crippen LogP contribution in [0.5, 0.6) is 0 Å². The molecule has 0 fully saturated rings. The molecule has 2 heterocycles. The molecule has 6 nitrogen and oxygen atoms in total. The summed E-state index contributed by atoms with van der Waals surface area (Å²) < 4.78 is 22.8. The van der Waals surface area contributed by atoms with Gasteiger partial charge in [-0.25, -0.2) is 9.37 Å². The number of nitrogens with one attached hydrogen (secondary N) is 1. The molecule has 1 N–H and O–H groups in total.